The first-order chi connectivity index (χ1) is 9.33. The summed E-state index contributed by atoms with van der Waals surface area (Å²) in [6.07, 6.45) is 0. The quantitative estimate of drug-likeness (QED) is 0.859. The summed E-state index contributed by atoms with van der Waals surface area (Å²) >= 11 is 0. The van der Waals surface area contributed by atoms with E-state index in [1.165, 1.54) is 11.1 Å². The molecule has 0 unspecified atom stereocenters. The van der Waals surface area contributed by atoms with Gasteiger partial charge in [-0.15, -0.1) is 0 Å². The maximum Gasteiger partial charge on any atom is 0.141 e. The Balaban J connectivity index is 2.03. The van der Waals surface area contributed by atoms with Gasteiger partial charge in [-0.1, -0.05) is 36.4 Å². The van der Waals surface area contributed by atoms with Crippen molar-refractivity contribution in [3.63, 3.8) is 0 Å². The minimum absolute atomic E-state index is 0.641. The zero-order valence-electron chi connectivity index (χ0n) is 11.3. The van der Waals surface area contributed by atoms with Crippen molar-refractivity contribution in [2.75, 3.05) is 19.5 Å². The predicted octanol–water partition coefficient (Wildman–Crippen LogP) is 3.45. The first kappa shape index (κ1) is 13.4. The number of hydrogen-bond acceptors (Lipinski definition) is 3. The SMILES string of the molecule is COCc1cccc(CNc2ccccc2OC)c1. The van der Waals surface area contributed by atoms with Gasteiger partial charge in [0.05, 0.1) is 19.4 Å². The largest absolute Gasteiger partial charge is 0.495 e. The van der Waals surface area contributed by atoms with Crippen LogP contribution in [-0.4, -0.2) is 14.2 Å². The average Bonchev–Trinajstić information content (AvgIpc) is 2.46. The van der Waals surface area contributed by atoms with Crippen LogP contribution in [0.5, 0.6) is 5.75 Å². The Kier molecular flexibility index (Phi) is 4.81. The van der Waals surface area contributed by atoms with Gasteiger partial charge in [0.2, 0.25) is 0 Å². The van der Waals surface area contributed by atoms with Gasteiger partial charge in [-0.25, -0.2) is 0 Å². The van der Waals surface area contributed by atoms with Crippen LogP contribution in [0.25, 0.3) is 0 Å². The summed E-state index contributed by atoms with van der Waals surface area (Å²) in [5.74, 6) is 0.857. The van der Waals surface area contributed by atoms with Crippen molar-refractivity contribution >= 4 is 5.69 Å². The molecular weight excluding hydrogens is 238 g/mol. The van der Waals surface area contributed by atoms with E-state index in [4.69, 9.17) is 9.47 Å². The number of anilines is 1. The normalized spacial score (nSPS) is 10.2. The molecule has 0 saturated heterocycles. The second-order valence-electron chi connectivity index (χ2n) is 4.31. The van der Waals surface area contributed by atoms with E-state index >= 15 is 0 Å². The van der Waals surface area contributed by atoms with Crippen LogP contribution in [0.2, 0.25) is 0 Å². The lowest BCUT2D eigenvalue weighted by Gasteiger charge is -2.11. The molecule has 0 aliphatic heterocycles. The molecule has 0 aromatic heterocycles. The van der Waals surface area contributed by atoms with Crippen LogP contribution in [0.4, 0.5) is 5.69 Å². The number of ether oxygens (including phenoxy) is 2. The van der Waals surface area contributed by atoms with E-state index in [-0.39, 0.29) is 0 Å². The van der Waals surface area contributed by atoms with E-state index in [9.17, 15) is 0 Å². The van der Waals surface area contributed by atoms with Gasteiger partial charge in [0, 0.05) is 13.7 Å². The summed E-state index contributed by atoms with van der Waals surface area (Å²) in [5.41, 5.74) is 3.41. The third-order valence-corrected chi connectivity index (χ3v) is 2.89. The maximum atomic E-state index is 5.31. The molecule has 0 saturated carbocycles. The van der Waals surface area contributed by atoms with Crippen molar-refractivity contribution in [3.8, 4) is 5.75 Å². The van der Waals surface area contributed by atoms with E-state index in [2.05, 4.69) is 23.5 Å². The molecule has 3 heteroatoms. The maximum absolute atomic E-state index is 5.31. The van der Waals surface area contributed by atoms with Crippen LogP contribution >= 0.6 is 0 Å². The first-order valence-corrected chi connectivity index (χ1v) is 6.27. The van der Waals surface area contributed by atoms with Crippen molar-refractivity contribution in [1.29, 1.82) is 0 Å². The molecule has 3 nitrogen and oxygen atoms in total. The fourth-order valence-corrected chi connectivity index (χ4v) is 1.98. The molecule has 0 aliphatic rings. The lowest BCUT2D eigenvalue weighted by Crippen LogP contribution is -2.02. The van der Waals surface area contributed by atoms with Gasteiger partial charge in [-0.2, -0.15) is 0 Å². The van der Waals surface area contributed by atoms with Crippen molar-refractivity contribution in [3.05, 3.63) is 59.7 Å². The molecule has 100 valence electrons. The number of para-hydroxylation sites is 2. The highest BCUT2D eigenvalue weighted by atomic mass is 16.5. The van der Waals surface area contributed by atoms with Crippen LogP contribution in [0.15, 0.2) is 48.5 Å². The van der Waals surface area contributed by atoms with Gasteiger partial charge in [-0.3, -0.25) is 0 Å². The molecule has 1 N–H and O–H groups in total. The third kappa shape index (κ3) is 3.73. The van der Waals surface area contributed by atoms with Crippen LogP contribution in [0.3, 0.4) is 0 Å². The Morgan fingerprint density at radius 2 is 1.74 bits per heavy atom. The minimum Gasteiger partial charge on any atom is -0.495 e. The van der Waals surface area contributed by atoms with Gasteiger partial charge < -0.3 is 14.8 Å². The molecule has 0 radical (unpaired) electrons. The van der Waals surface area contributed by atoms with E-state index < -0.39 is 0 Å². The molecule has 19 heavy (non-hydrogen) atoms. The Morgan fingerprint density at radius 1 is 0.947 bits per heavy atom. The van der Waals surface area contributed by atoms with Gasteiger partial charge in [0.1, 0.15) is 5.75 Å². The second-order valence-corrected chi connectivity index (χ2v) is 4.31. The van der Waals surface area contributed by atoms with Crippen LogP contribution < -0.4 is 10.1 Å². The fraction of sp³-hybridized carbons (Fsp3) is 0.250. The molecular formula is C16H19NO2. The molecule has 0 spiro atoms. The Hall–Kier alpha value is -2.00. The number of rotatable bonds is 6. The lowest BCUT2D eigenvalue weighted by atomic mass is 10.1. The minimum atomic E-state index is 0.641. The smallest absolute Gasteiger partial charge is 0.141 e. The lowest BCUT2D eigenvalue weighted by molar-refractivity contribution is 0.185. The molecule has 0 bridgehead atoms. The summed E-state index contributed by atoms with van der Waals surface area (Å²) in [6, 6.07) is 16.3. The number of methoxy groups -OCH3 is 2. The molecule has 0 heterocycles. The third-order valence-electron chi connectivity index (χ3n) is 2.89. The summed E-state index contributed by atoms with van der Waals surface area (Å²) < 4.78 is 10.5. The Bertz CT molecular complexity index is 526. The molecule has 0 fully saturated rings. The zero-order chi connectivity index (χ0) is 13.5. The topological polar surface area (TPSA) is 30.5 Å². The summed E-state index contributed by atoms with van der Waals surface area (Å²) in [7, 11) is 3.39. The first-order valence-electron chi connectivity index (χ1n) is 6.27. The van der Waals surface area contributed by atoms with Gasteiger partial charge in [-0.05, 0) is 23.3 Å². The molecule has 0 atom stereocenters. The van der Waals surface area contributed by atoms with Crippen LogP contribution in [0, 0.1) is 0 Å². The van der Waals surface area contributed by atoms with Gasteiger partial charge in [0.25, 0.3) is 0 Å². The van der Waals surface area contributed by atoms with Gasteiger partial charge >= 0.3 is 0 Å². The molecule has 0 amide bonds. The summed E-state index contributed by atoms with van der Waals surface area (Å²) in [6.45, 7) is 1.40. The van der Waals surface area contributed by atoms with E-state index in [0.717, 1.165) is 18.0 Å². The van der Waals surface area contributed by atoms with Crippen molar-refractivity contribution in [2.24, 2.45) is 0 Å². The molecule has 2 aromatic carbocycles. The highest BCUT2D eigenvalue weighted by Crippen LogP contribution is 2.23. The number of hydrogen-bond donors (Lipinski definition) is 1. The predicted molar refractivity (Wildman–Crippen MR) is 77.5 cm³/mol. The zero-order valence-corrected chi connectivity index (χ0v) is 11.3. The van der Waals surface area contributed by atoms with E-state index in [1.807, 2.05) is 30.3 Å². The highest BCUT2D eigenvalue weighted by Gasteiger charge is 2.01. The summed E-state index contributed by atoms with van der Waals surface area (Å²) in [4.78, 5) is 0. The van der Waals surface area contributed by atoms with Crippen molar-refractivity contribution < 1.29 is 9.47 Å². The van der Waals surface area contributed by atoms with E-state index in [0.29, 0.717) is 6.61 Å². The monoisotopic (exact) mass is 257 g/mol. The molecule has 0 aliphatic carbocycles. The fourth-order valence-electron chi connectivity index (χ4n) is 1.98. The number of nitrogens with one attached hydrogen (secondary N) is 1. The standard InChI is InChI=1S/C16H19NO2/c1-18-12-14-7-5-6-13(10-14)11-17-15-8-3-4-9-16(15)19-2/h3-10,17H,11-12H2,1-2H3. The van der Waals surface area contributed by atoms with Crippen LogP contribution in [0.1, 0.15) is 11.1 Å². The highest BCUT2D eigenvalue weighted by molar-refractivity contribution is 5.56. The van der Waals surface area contributed by atoms with Crippen molar-refractivity contribution in [2.45, 2.75) is 13.2 Å². The average molecular weight is 257 g/mol. The van der Waals surface area contributed by atoms with Gasteiger partial charge in [0.15, 0.2) is 0 Å². The van der Waals surface area contributed by atoms with E-state index in [1.54, 1.807) is 14.2 Å². The summed E-state index contributed by atoms with van der Waals surface area (Å²) in [5, 5.41) is 3.38. The Morgan fingerprint density at radius 3 is 2.53 bits per heavy atom. The number of benzene rings is 2. The van der Waals surface area contributed by atoms with Crippen molar-refractivity contribution in [1.82, 2.24) is 0 Å². The second kappa shape index (κ2) is 6.81. The van der Waals surface area contributed by atoms with Crippen LogP contribution in [-0.2, 0) is 17.9 Å². The molecule has 2 rings (SSSR count). The Labute approximate surface area is 114 Å². The molecule has 2 aromatic rings.